The van der Waals surface area contributed by atoms with E-state index in [2.05, 4.69) is 17.0 Å². The van der Waals surface area contributed by atoms with Gasteiger partial charge in [-0.2, -0.15) is 0 Å². The van der Waals surface area contributed by atoms with E-state index in [4.69, 9.17) is 0 Å². The summed E-state index contributed by atoms with van der Waals surface area (Å²) >= 11 is 0. The second kappa shape index (κ2) is 8.80. The van der Waals surface area contributed by atoms with Crippen LogP contribution in [0.15, 0.2) is 30.3 Å². The highest BCUT2D eigenvalue weighted by molar-refractivity contribution is 5.83. The van der Waals surface area contributed by atoms with E-state index in [1.165, 1.54) is 10.5 Å². The quantitative estimate of drug-likeness (QED) is 0.855. The molecule has 1 saturated heterocycles. The van der Waals surface area contributed by atoms with Crippen molar-refractivity contribution in [1.82, 2.24) is 14.7 Å². The summed E-state index contributed by atoms with van der Waals surface area (Å²) in [5, 5.41) is 10.2. The minimum absolute atomic E-state index is 0.0515. The highest BCUT2D eigenvalue weighted by Crippen LogP contribution is 2.11. The summed E-state index contributed by atoms with van der Waals surface area (Å²) in [6.45, 7) is 2.95. The van der Waals surface area contributed by atoms with Crippen LogP contribution < -0.4 is 0 Å². The molecule has 0 aromatic heterocycles. The monoisotopic (exact) mass is 333 g/mol. The number of carbonyl (C=O) groups excluding carboxylic acids is 2. The summed E-state index contributed by atoms with van der Waals surface area (Å²) in [4.78, 5) is 29.3. The Bertz CT molecular complexity index is 548. The van der Waals surface area contributed by atoms with Gasteiger partial charge in [-0.25, -0.2) is 0 Å². The molecule has 6 heteroatoms. The summed E-state index contributed by atoms with van der Waals surface area (Å²) in [5.41, 5.74) is 1.20. The average molecular weight is 333 g/mol. The van der Waals surface area contributed by atoms with Crippen LogP contribution in [-0.4, -0.2) is 78.0 Å². The first-order valence-electron chi connectivity index (χ1n) is 8.38. The summed E-state index contributed by atoms with van der Waals surface area (Å²) in [7, 11) is 3.37. The minimum atomic E-state index is -0.565. The van der Waals surface area contributed by atoms with E-state index in [0.717, 1.165) is 13.1 Å². The maximum absolute atomic E-state index is 12.3. The Balaban J connectivity index is 1.86. The summed E-state index contributed by atoms with van der Waals surface area (Å²) in [5.74, 6) is -0.116. The molecule has 2 amide bonds. The molecule has 0 spiro atoms. The van der Waals surface area contributed by atoms with E-state index in [9.17, 15) is 14.7 Å². The average Bonchev–Trinajstić information content (AvgIpc) is 2.74. The predicted octanol–water partition coefficient (Wildman–Crippen LogP) is 0.560. The van der Waals surface area contributed by atoms with E-state index in [1.54, 1.807) is 19.0 Å². The van der Waals surface area contributed by atoms with Gasteiger partial charge in [-0.1, -0.05) is 30.3 Å². The number of hydrogen-bond donors (Lipinski definition) is 1. The molecule has 0 saturated carbocycles. The fraction of sp³-hybridized carbons (Fsp3) is 0.556. The molecule has 1 aliphatic heterocycles. The molecule has 0 radical (unpaired) electrons. The van der Waals surface area contributed by atoms with E-state index < -0.39 is 6.10 Å². The third kappa shape index (κ3) is 5.62. The van der Waals surface area contributed by atoms with Crippen LogP contribution in [0.5, 0.6) is 0 Å². The fourth-order valence-corrected chi connectivity index (χ4v) is 2.86. The van der Waals surface area contributed by atoms with Crippen LogP contribution in [-0.2, 0) is 16.1 Å². The van der Waals surface area contributed by atoms with Gasteiger partial charge < -0.3 is 14.9 Å². The first kappa shape index (κ1) is 18.4. The second-order valence-electron chi connectivity index (χ2n) is 6.50. The molecule has 1 aromatic rings. The number of aliphatic hydroxyl groups excluding tert-OH is 1. The molecule has 1 atom stereocenters. The maximum Gasteiger partial charge on any atom is 0.223 e. The molecule has 0 bridgehead atoms. The Kier molecular flexibility index (Phi) is 6.75. The van der Waals surface area contributed by atoms with Gasteiger partial charge in [0.2, 0.25) is 11.8 Å². The van der Waals surface area contributed by atoms with Crippen LogP contribution in [0.1, 0.15) is 18.4 Å². The first-order chi connectivity index (χ1) is 11.5. The number of β-amino-alcohol motifs (C(OH)–C–C–N with tert-alkyl or cyclic N) is 1. The van der Waals surface area contributed by atoms with E-state index >= 15 is 0 Å². The van der Waals surface area contributed by atoms with Gasteiger partial charge in [-0.3, -0.25) is 14.5 Å². The van der Waals surface area contributed by atoms with Crippen molar-refractivity contribution in [2.75, 3.05) is 40.3 Å². The zero-order valence-electron chi connectivity index (χ0n) is 14.5. The Morgan fingerprint density at radius 1 is 1.12 bits per heavy atom. The van der Waals surface area contributed by atoms with Crippen LogP contribution in [0, 0.1) is 0 Å². The van der Waals surface area contributed by atoms with Gasteiger partial charge in [0.05, 0.1) is 6.10 Å². The Morgan fingerprint density at radius 3 is 2.50 bits per heavy atom. The van der Waals surface area contributed by atoms with Gasteiger partial charge in [0, 0.05) is 59.7 Å². The van der Waals surface area contributed by atoms with Crippen LogP contribution >= 0.6 is 0 Å². The van der Waals surface area contributed by atoms with Crippen LogP contribution in [0.25, 0.3) is 0 Å². The molecule has 0 aliphatic carbocycles. The molecule has 0 unspecified atom stereocenters. The van der Waals surface area contributed by atoms with Crippen molar-refractivity contribution in [1.29, 1.82) is 0 Å². The first-order valence-corrected chi connectivity index (χ1v) is 8.38. The van der Waals surface area contributed by atoms with Crippen molar-refractivity contribution < 1.29 is 14.7 Å². The number of carbonyl (C=O) groups is 2. The molecule has 2 rings (SSSR count). The van der Waals surface area contributed by atoms with E-state index in [1.807, 2.05) is 18.2 Å². The number of rotatable bonds is 5. The van der Waals surface area contributed by atoms with Crippen molar-refractivity contribution in [3.8, 4) is 0 Å². The Hall–Kier alpha value is -1.92. The number of hydrogen-bond acceptors (Lipinski definition) is 4. The number of benzene rings is 1. The number of aliphatic hydroxyl groups is 1. The summed E-state index contributed by atoms with van der Waals surface area (Å²) < 4.78 is 0. The second-order valence-corrected chi connectivity index (χ2v) is 6.50. The standard InChI is InChI=1S/C18H27N3O3/c1-19(2)17(23)8-9-18(24)21-11-10-20(13-16(22)14-21)12-15-6-4-3-5-7-15/h3-7,16,22H,8-14H2,1-2H3/t16-/m0/s1. The molecule has 1 aromatic carbocycles. The van der Waals surface area contributed by atoms with Crippen molar-refractivity contribution in [3.63, 3.8) is 0 Å². The van der Waals surface area contributed by atoms with Gasteiger partial charge in [0.15, 0.2) is 0 Å². The molecule has 1 fully saturated rings. The molecule has 1 aliphatic rings. The third-order valence-electron chi connectivity index (χ3n) is 4.24. The van der Waals surface area contributed by atoms with E-state index in [0.29, 0.717) is 19.6 Å². The van der Waals surface area contributed by atoms with Crippen molar-refractivity contribution >= 4 is 11.8 Å². The summed E-state index contributed by atoms with van der Waals surface area (Å²) in [6, 6.07) is 10.1. The molecule has 24 heavy (non-hydrogen) atoms. The maximum atomic E-state index is 12.3. The SMILES string of the molecule is CN(C)C(=O)CCC(=O)N1CCN(Cc2ccccc2)C[C@H](O)C1. The van der Waals surface area contributed by atoms with Crippen LogP contribution in [0.4, 0.5) is 0 Å². The Morgan fingerprint density at radius 2 is 1.83 bits per heavy atom. The minimum Gasteiger partial charge on any atom is -0.390 e. The van der Waals surface area contributed by atoms with Crippen molar-refractivity contribution in [2.24, 2.45) is 0 Å². The molecular weight excluding hydrogens is 306 g/mol. The fourth-order valence-electron chi connectivity index (χ4n) is 2.86. The smallest absolute Gasteiger partial charge is 0.223 e. The third-order valence-corrected chi connectivity index (χ3v) is 4.24. The number of amides is 2. The molecule has 132 valence electrons. The van der Waals surface area contributed by atoms with Crippen molar-refractivity contribution in [2.45, 2.75) is 25.5 Å². The molecular formula is C18H27N3O3. The lowest BCUT2D eigenvalue weighted by molar-refractivity contribution is -0.136. The van der Waals surface area contributed by atoms with Crippen LogP contribution in [0.3, 0.4) is 0 Å². The lowest BCUT2D eigenvalue weighted by Gasteiger charge is -2.22. The van der Waals surface area contributed by atoms with Crippen LogP contribution in [0.2, 0.25) is 0 Å². The van der Waals surface area contributed by atoms with Gasteiger partial charge >= 0.3 is 0 Å². The zero-order valence-corrected chi connectivity index (χ0v) is 14.5. The Labute approximate surface area is 143 Å². The van der Waals surface area contributed by atoms with Gasteiger partial charge in [-0.05, 0) is 5.56 Å². The van der Waals surface area contributed by atoms with Gasteiger partial charge in [-0.15, -0.1) is 0 Å². The predicted molar refractivity (Wildman–Crippen MR) is 92.2 cm³/mol. The largest absolute Gasteiger partial charge is 0.390 e. The zero-order chi connectivity index (χ0) is 17.5. The van der Waals surface area contributed by atoms with E-state index in [-0.39, 0.29) is 24.7 Å². The van der Waals surface area contributed by atoms with Gasteiger partial charge in [0.25, 0.3) is 0 Å². The highest BCUT2D eigenvalue weighted by atomic mass is 16.3. The van der Waals surface area contributed by atoms with Gasteiger partial charge in [0.1, 0.15) is 0 Å². The highest BCUT2D eigenvalue weighted by Gasteiger charge is 2.24. The normalized spacial score (nSPS) is 19.0. The summed E-state index contributed by atoms with van der Waals surface area (Å²) in [6.07, 6.45) is -0.154. The molecule has 1 N–H and O–H groups in total. The molecule has 1 heterocycles. The lowest BCUT2D eigenvalue weighted by atomic mass is 10.2. The number of nitrogens with zero attached hydrogens (tertiary/aromatic N) is 3. The van der Waals surface area contributed by atoms with Crippen molar-refractivity contribution in [3.05, 3.63) is 35.9 Å². The molecule has 6 nitrogen and oxygen atoms in total. The topological polar surface area (TPSA) is 64.1 Å². The lowest BCUT2D eigenvalue weighted by Crippen LogP contribution is -2.38.